The van der Waals surface area contributed by atoms with Crippen LogP contribution in [0.2, 0.25) is 0 Å². The Hall–Kier alpha value is -2.11. The minimum absolute atomic E-state index is 0.0653. The molecule has 0 saturated carbocycles. The molecule has 1 aromatic carbocycles. The van der Waals surface area contributed by atoms with Crippen molar-refractivity contribution in [2.75, 3.05) is 5.32 Å². The third kappa shape index (κ3) is 1.95. The maximum atomic E-state index is 12.8. The minimum atomic E-state index is -1.02. The lowest BCUT2D eigenvalue weighted by Crippen LogP contribution is -2.25. The topological polar surface area (TPSA) is 75.4 Å². The van der Waals surface area contributed by atoms with Gasteiger partial charge in [0.15, 0.2) is 5.58 Å². The summed E-state index contributed by atoms with van der Waals surface area (Å²) in [7, 11) is 0. The Labute approximate surface area is 89.9 Å². The van der Waals surface area contributed by atoms with E-state index < -0.39 is 17.8 Å². The lowest BCUT2D eigenvalue weighted by molar-refractivity contribution is -0.137. The molecule has 1 atom stereocenters. The number of nitrogens with one attached hydrogen (secondary N) is 1. The van der Waals surface area contributed by atoms with E-state index in [1.54, 1.807) is 0 Å². The average Bonchev–Trinajstić information content (AvgIpc) is 2.58. The van der Waals surface area contributed by atoms with Gasteiger partial charge in [0.1, 0.15) is 17.4 Å². The molecule has 16 heavy (non-hydrogen) atoms. The van der Waals surface area contributed by atoms with E-state index in [4.69, 9.17) is 9.52 Å². The number of fused-ring (bicyclic) bond motifs is 1. The summed E-state index contributed by atoms with van der Waals surface area (Å²) in [5, 5.41) is 11.2. The molecule has 1 aromatic heterocycles. The molecule has 6 heteroatoms. The molecule has 1 heterocycles. The summed E-state index contributed by atoms with van der Waals surface area (Å²) >= 11 is 0. The number of hydrogen-bond donors (Lipinski definition) is 2. The van der Waals surface area contributed by atoms with Crippen molar-refractivity contribution >= 4 is 23.1 Å². The maximum Gasteiger partial charge on any atom is 0.325 e. The summed E-state index contributed by atoms with van der Waals surface area (Å²) in [6.45, 7) is 1.46. The van der Waals surface area contributed by atoms with Crippen molar-refractivity contribution in [1.82, 2.24) is 4.98 Å². The van der Waals surface area contributed by atoms with E-state index in [1.165, 1.54) is 25.1 Å². The van der Waals surface area contributed by atoms with Gasteiger partial charge in [-0.15, -0.1) is 0 Å². The van der Waals surface area contributed by atoms with Gasteiger partial charge in [-0.05, 0) is 19.1 Å². The highest BCUT2D eigenvalue weighted by atomic mass is 19.1. The monoisotopic (exact) mass is 224 g/mol. The van der Waals surface area contributed by atoms with E-state index in [1.807, 2.05) is 0 Å². The number of rotatable bonds is 3. The number of aliphatic carboxylic acids is 1. The Morgan fingerprint density at radius 3 is 3.06 bits per heavy atom. The zero-order valence-corrected chi connectivity index (χ0v) is 8.40. The van der Waals surface area contributed by atoms with E-state index in [0.29, 0.717) is 11.1 Å². The summed E-state index contributed by atoms with van der Waals surface area (Å²) < 4.78 is 18.0. The van der Waals surface area contributed by atoms with Crippen LogP contribution in [0.5, 0.6) is 0 Å². The third-order valence-corrected chi connectivity index (χ3v) is 2.06. The van der Waals surface area contributed by atoms with E-state index in [-0.39, 0.29) is 6.01 Å². The van der Waals surface area contributed by atoms with E-state index in [9.17, 15) is 9.18 Å². The fourth-order valence-electron chi connectivity index (χ4n) is 1.21. The second-order valence-electron chi connectivity index (χ2n) is 3.34. The fourth-order valence-corrected chi connectivity index (χ4v) is 1.21. The van der Waals surface area contributed by atoms with Crippen molar-refractivity contribution in [1.29, 1.82) is 0 Å². The zero-order valence-electron chi connectivity index (χ0n) is 8.40. The highest BCUT2D eigenvalue weighted by Gasteiger charge is 2.14. The molecule has 0 bridgehead atoms. The van der Waals surface area contributed by atoms with Crippen LogP contribution in [-0.4, -0.2) is 22.1 Å². The number of anilines is 1. The molecular weight excluding hydrogens is 215 g/mol. The molecule has 0 aliphatic rings. The number of hydrogen-bond acceptors (Lipinski definition) is 4. The standard InChI is InChI=1S/C10H9FN2O3/c1-5(9(14)15)12-10-13-7-4-6(11)2-3-8(7)16-10/h2-5H,1H3,(H,12,13)(H,14,15). The number of nitrogens with zero attached hydrogens (tertiary/aromatic N) is 1. The second-order valence-corrected chi connectivity index (χ2v) is 3.34. The molecule has 5 nitrogen and oxygen atoms in total. The molecule has 1 unspecified atom stereocenters. The van der Waals surface area contributed by atoms with Crippen molar-refractivity contribution in [3.05, 3.63) is 24.0 Å². The van der Waals surface area contributed by atoms with Crippen molar-refractivity contribution in [2.24, 2.45) is 0 Å². The van der Waals surface area contributed by atoms with Crippen LogP contribution in [0, 0.1) is 5.82 Å². The number of benzene rings is 1. The molecule has 0 spiro atoms. The molecule has 2 N–H and O–H groups in total. The molecule has 0 fully saturated rings. The SMILES string of the molecule is CC(Nc1nc2cc(F)ccc2o1)C(=O)O. The average molecular weight is 224 g/mol. The van der Waals surface area contributed by atoms with E-state index >= 15 is 0 Å². The number of carbonyl (C=O) groups is 1. The first-order chi connectivity index (χ1) is 7.56. The summed E-state index contributed by atoms with van der Waals surface area (Å²) in [5.41, 5.74) is 0.751. The molecule has 2 aromatic rings. The number of halogens is 1. The molecular formula is C10H9FN2O3. The van der Waals surface area contributed by atoms with Crippen LogP contribution in [0.15, 0.2) is 22.6 Å². The van der Waals surface area contributed by atoms with Gasteiger partial charge in [0.2, 0.25) is 0 Å². The Morgan fingerprint density at radius 1 is 1.62 bits per heavy atom. The Morgan fingerprint density at radius 2 is 2.38 bits per heavy atom. The Balaban J connectivity index is 2.29. The normalized spacial score (nSPS) is 12.6. The molecule has 0 radical (unpaired) electrons. The lowest BCUT2D eigenvalue weighted by atomic mass is 10.3. The largest absolute Gasteiger partial charge is 0.480 e. The van der Waals surface area contributed by atoms with Gasteiger partial charge in [-0.25, -0.2) is 4.39 Å². The van der Waals surface area contributed by atoms with Gasteiger partial charge < -0.3 is 14.8 Å². The molecule has 0 amide bonds. The van der Waals surface area contributed by atoms with Crippen LogP contribution in [-0.2, 0) is 4.79 Å². The smallest absolute Gasteiger partial charge is 0.325 e. The van der Waals surface area contributed by atoms with Gasteiger partial charge in [-0.3, -0.25) is 4.79 Å². The molecule has 0 aliphatic carbocycles. The first kappa shape index (κ1) is 10.4. The van der Waals surface area contributed by atoms with Crippen LogP contribution in [0.25, 0.3) is 11.1 Å². The number of aromatic nitrogens is 1. The van der Waals surface area contributed by atoms with Gasteiger partial charge in [-0.2, -0.15) is 4.98 Å². The van der Waals surface area contributed by atoms with Gasteiger partial charge in [0.25, 0.3) is 6.01 Å². The summed E-state index contributed by atoms with van der Waals surface area (Å²) in [6, 6.07) is 3.15. The molecule has 0 aliphatic heterocycles. The van der Waals surface area contributed by atoms with Crippen molar-refractivity contribution in [2.45, 2.75) is 13.0 Å². The molecule has 2 rings (SSSR count). The van der Waals surface area contributed by atoms with Gasteiger partial charge >= 0.3 is 5.97 Å². The minimum Gasteiger partial charge on any atom is -0.480 e. The molecule has 0 saturated heterocycles. The van der Waals surface area contributed by atoms with Crippen molar-refractivity contribution < 1.29 is 18.7 Å². The maximum absolute atomic E-state index is 12.8. The van der Waals surface area contributed by atoms with Crippen LogP contribution in [0.1, 0.15) is 6.92 Å². The van der Waals surface area contributed by atoms with Gasteiger partial charge in [0, 0.05) is 6.07 Å². The third-order valence-electron chi connectivity index (χ3n) is 2.06. The highest BCUT2D eigenvalue weighted by Crippen LogP contribution is 2.19. The van der Waals surface area contributed by atoms with Crippen LogP contribution >= 0.6 is 0 Å². The van der Waals surface area contributed by atoms with Gasteiger partial charge in [0.05, 0.1) is 0 Å². The number of oxazole rings is 1. The van der Waals surface area contributed by atoms with Crippen molar-refractivity contribution in [3.63, 3.8) is 0 Å². The van der Waals surface area contributed by atoms with Crippen LogP contribution in [0.4, 0.5) is 10.4 Å². The van der Waals surface area contributed by atoms with Crippen LogP contribution in [0.3, 0.4) is 0 Å². The van der Waals surface area contributed by atoms with Crippen molar-refractivity contribution in [3.8, 4) is 0 Å². The quantitative estimate of drug-likeness (QED) is 0.832. The molecule has 84 valence electrons. The fraction of sp³-hybridized carbons (Fsp3) is 0.200. The Kier molecular flexibility index (Phi) is 2.47. The number of carboxylic acid groups (broad SMARTS) is 1. The van der Waals surface area contributed by atoms with Gasteiger partial charge in [-0.1, -0.05) is 0 Å². The first-order valence-corrected chi connectivity index (χ1v) is 4.61. The van der Waals surface area contributed by atoms with Crippen LogP contribution < -0.4 is 5.32 Å². The summed E-state index contributed by atoms with van der Waals surface area (Å²) in [5.74, 6) is -1.44. The lowest BCUT2D eigenvalue weighted by Gasteiger charge is -2.04. The highest BCUT2D eigenvalue weighted by molar-refractivity contribution is 5.78. The van der Waals surface area contributed by atoms with E-state index in [0.717, 1.165) is 0 Å². The predicted octanol–water partition coefficient (Wildman–Crippen LogP) is 1.85. The number of carboxylic acids is 1. The summed E-state index contributed by atoms with van der Waals surface area (Å²) in [4.78, 5) is 14.5. The predicted molar refractivity (Wildman–Crippen MR) is 54.7 cm³/mol. The second kappa shape index (κ2) is 3.80. The Bertz CT molecular complexity index is 538. The first-order valence-electron chi connectivity index (χ1n) is 4.61. The summed E-state index contributed by atoms with van der Waals surface area (Å²) in [6.07, 6.45) is 0. The van der Waals surface area contributed by atoms with E-state index in [2.05, 4.69) is 10.3 Å². The zero-order chi connectivity index (χ0) is 11.7.